The average Bonchev–Trinajstić information content (AvgIpc) is 2.37. The Bertz CT molecular complexity index is 571. The maximum absolute atomic E-state index is 12.8. The smallest absolute Gasteiger partial charge is 0.396 e. The van der Waals surface area contributed by atoms with Gasteiger partial charge in [0, 0.05) is 13.2 Å². The third-order valence-electron chi connectivity index (χ3n) is 3.01. The molecule has 0 saturated carbocycles. The van der Waals surface area contributed by atoms with Crippen molar-refractivity contribution in [3.63, 3.8) is 0 Å². The molecule has 0 radical (unpaired) electrons. The second kappa shape index (κ2) is 7.24. The van der Waals surface area contributed by atoms with E-state index in [0.29, 0.717) is 19.3 Å². The highest BCUT2D eigenvalue weighted by atomic mass is 32.2. The first-order chi connectivity index (χ1) is 9.70. The summed E-state index contributed by atoms with van der Waals surface area (Å²) in [7, 11) is -3.97. The molecule has 0 atom stereocenters. The molecular weight excluding hydrogens is 307 g/mol. The van der Waals surface area contributed by atoms with E-state index in [0.717, 1.165) is 25.1 Å². The molecule has 1 aromatic rings. The van der Waals surface area contributed by atoms with Gasteiger partial charge < -0.3 is 5.11 Å². The Morgan fingerprint density at radius 1 is 1.19 bits per heavy atom. The Balaban J connectivity index is 2.89. The van der Waals surface area contributed by atoms with Gasteiger partial charge in [-0.05, 0) is 43.9 Å². The molecule has 0 bridgehead atoms. The largest absolute Gasteiger partial charge is 0.416 e. The first-order valence-corrected chi connectivity index (χ1v) is 7.96. The number of alkyl halides is 3. The maximum atomic E-state index is 12.8. The van der Waals surface area contributed by atoms with E-state index in [1.165, 1.54) is 0 Å². The number of hydrogen-bond acceptors (Lipinski definition) is 3. The summed E-state index contributed by atoms with van der Waals surface area (Å²) in [6, 6.07) is 3.09. The number of hydrogen-bond donors (Lipinski definition) is 2. The lowest BCUT2D eigenvalue weighted by Gasteiger charge is -2.14. The molecule has 0 spiro atoms. The highest BCUT2D eigenvalue weighted by molar-refractivity contribution is 7.89. The SMILES string of the molecule is Cc1c(C(F)(F)F)cccc1S(=O)(=O)NCCCCCO. The fourth-order valence-electron chi connectivity index (χ4n) is 1.91. The van der Waals surface area contributed by atoms with Crippen LogP contribution in [0, 0.1) is 6.92 Å². The van der Waals surface area contributed by atoms with E-state index in [4.69, 9.17) is 5.11 Å². The third kappa shape index (κ3) is 4.98. The molecule has 1 aromatic carbocycles. The minimum Gasteiger partial charge on any atom is -0.396 e. The van der Waals surface area contributed by atoms with Crippen LogP contribution in [0.15, 0.2) is 23.1 Å². The highest BCUT2D eigenvalue weighted by Gasteiger charge is 2.34. The van der Waals surface area contributed by atoms with Crippen molar-refractivity contribution in [3.05, 3.63) is 29.3 Å². The van der Waals surface area contributed by atoms with Gasteiger partial charge >= 0.3 is 6.18 Å². The summed E-state index contributed by atoms with van der Waals surface area (Å²) in [5, 5.41) is 8.60. The van der Waals surface area contributed by atoms with Crippen LogP contribution in [-0.2, 0) is 16.2 Å². The molecule has 0 aliphatic carbocycles. The minimum atomic E-state index is -4.59. The quantitative estimate of drug-likeness (QED) is 0.757. The maximum Gasteiger partial charge on any atom is 0.416 e. The first-order valence-electron chi connectivity index (χ1n) is 6.47. The van der Waals surface area contributed by atoms with Crippen molar-refractivity contribution in [2.45, 2.75) is 37.3 Å². The predicted octanol–water partition coefficient (Wildman–Crippen LogP) is 2.45. The Kier molecular flexibility index (Phi) is 6.18. The molecule has 0 heterocycles. The van der Waals surface area contributed by atoms with Gasteiger partial charge in [-0.1, -0.05) is 6.07 Å². The van der Waals surface area contributed by atoms with Gasteiger partial charge in [0.2, 0.25) is 10.0 Å². The average molecular weight is 325 g/mol. The number of halogens is 3. The molecule has 0 amide bonds. The second-order valence-electron chi connectivity index (χ2n) is 4.61. The molecule has 0 aromatic heterocycles. The molecule has 0 aliphatic rings. The predicted molar refractivity (Wildman–Crippen MR) is 72.3 cm³/mol. The van der Waals surface area contributed by atoms with Gasteiger partial charge in [0.1, 0.15) is 0 Å². The van der Waals surface area contributed by atoms with E-state index in [9.17, 15) is 21.6 Å². The number of unbranched alkanes of at least 4 members (excludes halogenated alkanes) is 2. The Hall–Kier alpha value is -1.12. The van der Waals surface area contributed by atoms with Crippen LogP contribution in [0.25, 0.3) is 0 Å². The van der Waals surface area contributed by atoms with Crippen molar-refractivity contribution in [1.82, 2.24) is 4.72 Å². The molecule has 120 valence electrons. The topological polar surface area (TPSA) is 66.4 Å². The minimum absolute atomic E-state index is 0.0273. The van der Waals surface area contributed by atoms with Crippen LogP contribution in [0.3, 0.4) is 0 Å². The zero-order valence-electron chi connectivity index (χ0n) is 11.6. The zero-order valence-corrected chi connectivity index (χ0v) is 12.4. The molecule has 4 nitrogen and oxygen atoms in total. The summed E-state index contributed by atoms with van der Waals surface area (Å²) in [4.78, 5) is -0.362. The third-order valence-corrected chi connectivity index (χ3v) is 4.61. The monoisotopic (exact) mass is 325 g/mol. The van der Waals surface area contributed by atoms with Gasteiger partial charge in [-0.3, -0.25) is 0 Å². The number of nitrogens with one attached hydrogen (secondary N) is 1. The number of sulfonamides is 1. The second-order valence-corrected chi connectivity index (χ2v) is 6.34. The van der Waals surface area contributed by atoms with Gasteiger partial charge in [-0.2, -0.15) is 13.2 Å². The Labute approximate surface area is 122 Å². The fourth-order valence-corrected chi connectivity index (χ4v) is 3.25. The summed E-state index contributed by atoms with van der Waals surface area (Å²) in [5.74, 6) is 0. The summed E-state index contributed by atoms with van der Waals surface area (Å²) >= 11 is 0. The summed E-state index contributed by atoms with van der Waals surface area (Å²) in [6.45, 7) is 1.29. The van der Waals surface area contributed by atoms with Crippen LogP contribution in [0.5, 0.6) is 0 Å². The summed E-state index contributed by atoms with van der Waals surface area (Å²) in [6.07, 6.45) is -2.88. The fraction of sp³-hybridized carbons (Fsp3) is 0.538. The molecule has 0 aliphatic heterocycles. The van der Waals surface area contributed by atoms with Crippen molar-refractivity contribution in [3.8, 4) is 0 Å². The summed E-state index contributed by atoms with van der Waals surface area (Å²) in [5.41, 5.74) is -1.27. The van der Waals surface area contributed by atoms with E-state index in [1.54, 1.807) is 0 Å². The normalized spacial score (nSPS) is 12.6. The number of aliphatic hydroxyl groups excluding tert-OH is 1. The van der Waals surface area contributed by atoms with Gasteiger partial charge in [-0.25, -0.2) is 13.1 Å². The van der Waals surface area contributed by atoms with E-state index in [-0.39, 0.29) is 23.6 Å². The number of aliphatic hydroxyl groups is 1. The van der Waals surface area contributed by atoms with Crippen molar-refractivity contribution >= 4 is 10.0 Å². The zero-order chi connectivity index (χ0) is 16.1. The van der Waals surface area contributed by atoms with Crippen LogP contribution in [0.1, 0.15) is 30.4 Å². The van der Waals surface area contributed by atoms with Crippen LogP contribution in [0.4, 0.5) is 13.2 Å². The summed E-state index contributed by atoms with van der Waals surface area (Å²) < 4.78 is 64.7. The Morgan fingerprint density at radius 2 is 1.86 bits per heavy atom. The lowest BCUT2D eigenvalue weighted by atomic mass is 10.1. The molecule has 21 heavy (non-hydrogen) atoms. The molecule has 0 fully saturated rings. The van der Waals surface area contributed by atoms with Gasteiger partial charge in [0.25, 0.3) is 0 Å². The van der Waals surface area contributed by atoms with E-state index in [1.807, 2.05) is 0 Å². The van der Waals surface area contributed by atoms with Crippen LogP contribution in [0.2, 0.25) is 0 Å². The number of rotatable bonds is 7. The van der Waals surface area contributed by atoms with E-state index < -0.39 is 21.8 Å². The van der Waals surface area contributed by atoms with Crippen molar-refractivity contribution in [2.24, 2.45) is 0 Å². The van der Waals surface area contributed by atoms with Crippen LogP contribution in [-0.4, -0.2) is 26.7 Å². The van der Waals surface area contributed by atoms with Gasteiger partial charge in [0.15, 0.2) is 0 Å². The van der Waals surface area contributed by atoms with Crippen molar-refractivity contribution in [2.75, 3.05) is 13.2 Å². The molecule has 1 rings (SSSR count). The standard InChI is InChI=1S/C13H18F3NO3S/c1-10-11(13(14,15)16)6-5-7-12(10)21(19,20)17-8-3-2-4-9-18/h5-7,17-18H,2-4,8-9H2,1H3. The van der Waals surface area contributed by atoms with E-state index in [2.05, 4.69) is 4.72 Å². The lowest BCUT2D eigenvalue weighted by Crippen LogP contribution is -2.26. The molecule has 8 heteroatoms. The molecular formula is C13H18F3NO3S. The lowest BCUT2D eigenvalue weighted by molar-refractivity contribution is -0.138. The van der Waals surface area contributed by atoms with Gasteiger partial charge in [-0.15, -0.1) is 0 Å². The van der Waals surface area contributed by atoms with Crippen LogP contribution >= 0.6 is 0 Å². The van der Waals surface area contributed by atoms with Crippen molar-refractivity contribution < 1.29 is 26.7 Å². The molecule has 2 N–H and O–H groups in total. The first kappa shape index (κ1) is 17.9. The van der Waals surface area contributed by atoms with E-state index >= 15 is 0 Å². The van der Waals surface area contributed by atoms with Crippen molar-refractivity contribution in [1.29, 1.82) is 0 Å². The Morgan fingerprint density at radius 3 is 2.43 bits per heavy atom. The van der Waals surface area contributed by atoms with Crippen LogP contribution < -0.4 is 4.72 Å². The van der Waals surface area contributed by atoms with Gasteiger partial charge in [0.05, 0.1) is 10.5 Å². The highest BCUT2D eigenvalue weighted by Crippen LogP contribution is 2.34. The molecule has 0 unspecified atom stereocenters. The number of benzene rings is 1. The molecule has 0 saturated heterocycles.